The van der Waals surface area contributed by atoms with Crippen molar-refractivity contribution in [3.05, 3.63) is 24.0 Å². The van der Waals surface area contributed by atoms with Crippen LogP contribution in [0, 0.1) is 12.8 Å². The summed E-state index contributed by atoms with van der Waals surface area (Å²) in [6.07, 6.45) is 3.76. The number of anilines is 1. The maximum absolute atomic E-state index is 4.10. The molecule has 0 atom stereocenters. The molecule has 1 aromatic rings. The summed E-state index contributed by atoms with van der Waals surface area (Å²) in [4.78, 5) is 6.37. The number of rotatable bonds is 6. The molecule has 1 rings (SSSR count). The zero-order chi connectivity index (χ0) is 12.0. The van der Waals surface area contributed by atoms with E-state index >= 15 is 0 Å². The van der Waals surface area contributed by atoms with Crippen molar-refractivity contribution in [2.75, 3.05) is 31.6 Å². The molecule has 0 fully saturated rings. The van der Waals surface area contributed by atoms with Crippen LogP contribution in [0.15, 0.2) is 18.5 Å². The molecule has 0 spiro atoms. The summed E-state index contributed by atoms with van der Waals surface area (Å²) in [6.45, 7) is 9.69. The van der Waals surface area contributed by atoms with Gasteiger partial charge >= 0.3 is 0 Å². The highest BCUT2D eigenvalue weighted by molar-refractivity contribution is 5.50. The molecule has 0 aliphatic heterocycles. The fraction of sp³-hybridized carbons (Fsp3) is 0.615. The molecule has 3 heteroatoms. The van der Waals surface area contributed by atoms with Gasteiger partial charge in [-0.3, -0.25) is 4.98 Å². The highest BCUT2D eigenvalue weighted by Gasteiger charge is 2.03. The van der Waals surface area contributed by atoms with Crippen molar-refractivity contribution < 1.29 is 0 Å². The number of pyridine rings is 1. The second kappa shape index (κ2) is 6.48. The standard InChI is InChI=1S/C13H23N3/c1-11(2)9-15-7-8-16(4)13-5-6-14-10-12(13)3/h5-6,10-11,15H,7-9H2,1-4H3. The number of hydrogen-bond donors (Lipinski definition) is 1. The van der Waals surface area contributed by atoms with E-state index in [0.29, 0.717) is 5.92 Å². The summed E-state index contributed by atoms with van der Waals surface area (Å²) >= 11 is 0. The molecular formula is C13H23N3. The first-order chi connectivity index (χ1) is 7.61. The van der Waals surface area contributed by atoms with Gasteiger partial charge in [-0.25, -0.2) is 0 Å². The Balaban J connectivity index is 2.35. The van der Waals surface area contributed by atoms with Crippen LogP contribution in [0.3, 0.4) is 0 Å². The maximum atomic E-state index is 4.10. The largest absolute Gasteiger partial charge is 0.373 e. The average molecular weight is 221 g/mol. The van der Waals surface area contributed by atoms with Crippen LogP contribution in [0.5, 0.6) is 0 Å². The molecule has 0 aliphatic rings. The maximum Gasteiger partial charge on any atom is 0.0424 e. The van der Waals surface area contributed by atoms with Gasteiger partial charge in [-0.15, -0.1) is 0 Å². The molecule has 90 valence electrons. The van der Waals surface area contributed by atoms with E-state index in [0.717, 1.165) is 19.6 Å². The Labute approximate surface area is 98.9 Å². The van der Waals surface area contributed by atoms with E-state index in [2.05, 4.69) is 49.1 Å². The molecule has 0 saturated heterocycles. The summed E-state index contributed by atoms with van der Waals surface area (Å²) in [5, 5.41) is 3.45. The fourth-order valence-corrected chi connectivity index (χ4v) is 1.65. The predicted octanol–water partition coefficient (Wildman–Crippen LogP) is 2.07. The van der Waals surface area contributed by atoms with Gasteiger partial charge in [0.15, 0.2) is 0 Å². The van der Waals surface area contributed by atoms with E-state index in [4.69, 9.17) is 0 Å². The van der Waals surface area contributed by atoms with Gasteiger partial charge in [0.05, 0.1) is 0 Å². The average Bonchev–Trinajstić information content (AvgIpc) is 2.24. The van der Waals surface area contributed by atoms with Crippen LogP contribution < -0.4 is 10.2 Å². The van der Waals surface area contributed by atoms with Crippen molar-refractivity contribution in [3.63, 3.8) is 0 Å². The SMILES string of the molecule is Cc1cnccc1N(C)CCNCC(C)C. The lowest BCUT2D eigenvalue weighted by Gasteiger charge is -2.21. The van der Waals surface area contributed by atoms with Crippen LogP contribution >= 0.6 is 0 Å². The second-order valence-electron chi connectivity index (χ2n) is 4.68. The third kappa shape index (κ3) is 4.19. The van der Waals surface area contributed by atoms with Crippen LogP contribution in [0.2, 0.25) is 0 Å². The normalized spacial score (nSPS) is 10.8. The van der Waals surface area contributed by atoms with E-state index in [-0.39, 0.29) is 0 Å². The van der Waals surface area contributed by atoms with Gasteiger partial charge in [-0.2, -0.15) is 0 Å². The van der Waals surface area contributed by atoms with Crippen molar-refractivity contribution in [1.29, 1.82) is 0 Å². The number of likely N-dealkylation sites (N-methyl/N-ethyl adjacent to an activating group) is 1. The number of aromatic nitrogens is 1. The molecule has 3 nitrogen and oxygen atoms in total. The Hall–Kier alpha value is -1.09. The highest BCUT2D eigenvalue weighted by atomic mass is 15.1. The Kier molecular flexibility index (Phi) is 5.26. The Morgan fingerprint density at radius 1 is 1.44 bits per heavy atom. The molecule has 0 unspecified atom stereocenters. The number of nitrogens with zero attached hydrogens (tertiary/aromatic N) is 2. The van der Waals surface area contributed by atoms with Crippen LogP contribution in [-0.4, -0.2) is 31.7 Å². The first-order valence-electron chi connectivity index (χ1n) is 5.93. The van der Waals surface area contributed by atoms with Gasteiger partial charge < -0.3 is 10.2 Å². The van der Waals surface area contributed by atoms with Gasteiger partial charge in [-0.1, -0.05) is 13.8 Å². The van der Waals surface area contributed by atoms with Crippen molar-refractivity contribution >= 4 is 5.69 Å². The van der Waals surface area contributed by atoms with Gasteiger partial charge in [0, 0.05) is 38.2 Å². The van der Waals surface area contributed by atoms with Crippen molar-refractivity contribution in [2.45, 2.75) is 20.8 Å². The number of nitrogens with one attached hydrogen (secondary N) is 1. The summed E-state index contributed by atoms with van der Waals surface area (Å²) < 4.78 is 0. The van der Waals surface area contributed by atoms with Gasteiger partial charge in [0.2, 0.25) is 0 Å². The van der Waals surface area contributed by atoms with Crippen molar-refractivity contribution in [3.8, 4) is 0 Å². The summed E-state index contributed by atoms with van der Waals surface area (Å²) in [5.41, 5.74) is 2.50. The van der Waals surface area contributed by atoms with Crippen molar-refractivity contribution in [2.24, 2.45) is 5.92 Å². The summed E-state index contributed by atoms with van der Waals surface area (Å²) in [7, 11) is 2.12. The van der Waals surface area contributed by atoms with E-state index in [1.54, 1.807) is 0 Å². The van der Waals surface area contributed by atoms with Crippen LogP contribution in [0.25, 0.3) is 0 Å². The minimum Gasteiger partial charge on any atom is -0.373 e. The van der Waals surface area contributed by atoms with Gasteiger partial charge in [0.1, 0.15) is 0 Å². The molecule has 0 aromatic carbocycles. The summed E-state index contributed by atoms with van der Waals surface area (Å²) in [6, 6.07) is 2.07. The monoisotopic (exact) mass is 221 g/mol. The van der Waals surface area contributed by atoms with E-state index in [9.17, 15) is 0 Å². The molecular weight excluding hydrogens is 198 g/mol. The second-order valence-corrected chi connectivity index (χ2v) is 4.68. The zero-order valence-corrected chi connectivity index (χ0v) is 10.8. The quantitative estimate of drug-likeness (QED) is 0.745. The minimum atomic E-state index is 0.716. The number of aryl methyl sites for hydroxylation is 1. The fourth-order valence-electron chi connectivity index (χ4n) is 1.65. The molecule has 1 aromatic heterocycles. The first-order valence-corrected chi connectivity index (χ1v) is 5.93. The molecule has 0 bridgehead atoms. The lowest BCUT2D eigenvalue weighted by Crippen LogP contribution is -2.31. The van der Waals surface area contributed by atoms with Crippen LogP contribution in [0.1, 0.15) is 19.4 Å². The zero-order valence-electron chi connectivity index (χ0n) is 10.8. The Morgan fingerprint density at radius 3 is 2.81 bits per heavy atom. The van der Waals surface area contributed by atoms with Gasteiger partial charge in [0.25, 0.3) is 0 Å². The molecule has 1 N–H and O–H groups in total. The first kappa shape index (κ1) is 13.0. The molecule has 1 heterocycles. The lowest BCUT2D eigenvalue weighted by molar-refractivity contribution is 0.554. The Morgan fingerprint density at radius 2 is 2.19 bits per heavy atom. The third-order valence-corrected chi connectivity index (χ3v) is 2.58. The van der Waals surface area contributed by atoms with Crippen LogP contribution in [-0.2, 0) is 0 Å². The van der Waals surface area contributed by atoms with Crippen molar-refractivity contribution in [1.82, 2.24) is 10.3 Å². The Bertz CT molecular complexity index is 310. The number of hydrogen-bond acceptors (Lipinski definition) is 3. The smallest absolute Gasteiger partial charge is 0.0424 e. The summed E-state index contributed by atoms with van der Waals surface area (Å²) in [5.74, 6) is 0.716. The third-order valence-electron chi connectivity index (χ3n) is 2.58. The predicted molar refractivity (Wildman–Crippen MR) is 70.0 cm³/mol. The molecule has 16 heavy (non-hydrogen) atoms. The molecule has 0 aliphatic carbocycles. The molecule has 0 saturated carbocycles. The van der Waals surface area contributed by atoms with E-state index < -0.39 is 0 Å². The lowest BCUT2D eigenvalue weighted by atomic mass is 10.2. The van der Waals surface area contributed by atoms with Gasteiger partial charge in [-0.05, 0) is 31.0 Å². The van der Waals surface area contributed by atoms with E-state index in [1.807, 2.05) is 12.4 Å². The van der Waals surface area contributed by atoms with Crippen LogP contribution in [0.4, 0.5) is 5.69 Å². The minimum absolute atomic E-state index is 0.716. The molecule has 0 radical (unpaired) electrons. The van der Waals surface area contributed by atoms with E-state index in [1.165, 1.54) is 11.3 Å². The topological polar surface area (TPSA) is 28.2 Å². The highest BCUT2D eigenvalue weighted by Crippen LogP contribution is 2.15. The molecule has 0 amide bonds.